The molecule has 2 aromatic carbocycles. The first-order valence-electron chi connectivity index (χ1n) is 16.5. The average Bonchev–Trinajstić information content (AvgIpc) is 3.87. The van der Waals surface area contributed by atoms with E-state index in [0.29, 0.717) is 17.8 Å². The highest BCUT2D eigenvalue weighted by atomic mass is 32.2. The van der Waals surface area contributed by atoms with Crippen molar-refractivity contribution in [2.75, 3.05) is 25.9 Å². The number of phenolic OH excluding ortho intramolecular Hbond substituents is 1. The molecule has 266 valence electrons. The Balaban J connectivity index is 1.19. The fourth-order valence-electron chi connectivity index (χ4n) is 7.41. The van der Waals surface area contributed by atoms with Crippen molar-refractivity contribution in [1.82, 2.24) is 35.4 Å². The van der Waals surface area contributed by atoms with Gasteiger partial charge in [0, 0.05) is 50.5 Å². The van der Waals surface area contributed by atoms with E-state index in [1.807, 2.05) is 4.90 Å². The van der Waals surface area contributed by atoms with Gasteiger partial charge < -0.3 is 35.6 Å². The van der Waals surface area contributed by atoms with Crippen LogP contribution in [0.5, 0.6) is 5.75 Å². The molecule has 4 aliphatic heterocycles. The minimum Gasteiger partial charge on any atom is -0.508 e. The van der Waals surface area contributed by atoms with E-state index in [9.17, 15) is 38.1 Å². The molecule has 5 heterocycles. The molecule has 0 saturated carbocycles. The number of phenols is 1. The SMILES string of the molecule is CS(=O)(=O)c1ccc(CN2C[C@H]3C[C@H]2C(=O)N2C[C@@H](n4cc(-c5cccc(O)c5)nn4)C[C@H]2C(=O)NC[C@H]2O[C@@H](CC(=O)N3)[C@H](O)[C@@H]2O)cc1. The number of carbonyl (C=O) groups is 3. The van der Waals surface area contributed by atoms with Crippen LogP contribution in [0.1, 0.15) is 30.9 Å². The Bertz CT molecular complexity index is 1890. The van der Waals surface area contributed by atoms with Crippen molar-refractivity contribution in [2.24, 2.45) is 0 Å². The molecule has 5 N–H and O–H groups in total. The number of benzene rings is 2. The smallest absolute Gasteiger partial charge is 0.242 e. The molecule has 0 aliphatic carbocycles. The molecule has 4 aliphatic rings. The highest BCUT2D eigenvalue weighted by Gasteiger charge is 2.49. The van der Waals surface area contributed by atoms with E-state index in [0.717, 1.165) is 11.8 Å². The average molecular weight is 710 g/mol. The molecule has 17 heteroatoms. The van der Waals surface area contributed by atoms with Crippen LogP contribution in [0.2, 0.25) is 0 Å². The maximum Gasteiger partial charge on any atom is 0.242 e. The molecule has 8 atom stereocenters. The number of aromatic nitrogens is 3. The van der Waals surface area contributed by atoms with E-state index in [1.165, 1.54) is 17.0 Å². The number of rotatable bonds is 5. The summed E-state index contributed by atoms with van der Waals surface area (Å²) in [6.45, 7) is 0.550. The van der Waals surface area contributed by atoms with Crippen LogP contribution in [0.15, 0.2) is 59.6 Å². The van der Waals surface area contributed by atoms with Gasteiger partial charge in [0.25, 0.3) is 0 Å². The first kappa shape index (κ1) is 34.0. The predicted molar refractivity (Wildman–Crippen MR) is 175 cm³/mol. The number of aliphatic hydroxyl groups excluding tert-OH is 2. The Morgan fingerprint density at radius 3 is 2.48 bits per heavy atom. The molecule has 0 radical (unpaired) electrons. The van der Waals surface area contributed by atoms with Crippen molar-refractivity contribution in [3.8, 4) is 17.0 Å². The van der Waals surface area contributed by atoms with Crippen LogP contribution >= 0.6 is 0 Å². The number of fused-ring (bicyclic) bond motifs is 5. The van der Waals surface area contributed by atoms with Crippen LogP contribution in [-0.4, -0.2) is 135 Å². The molecular weight excluding hydrogens is 670 g/mol. The van der Waals surface area contributed by atoms with Gasteiger partial charge in [-0.05, 0) is 36.2 Å². The maximum absolute atomic E-state index is 14.5. The summed E-state index contributed by atoms with van der Waals surface area (Å²) < 4.78 is 31.5. The molecule has 16 nitrogen and oxygen atoms in total. The monoisotopic (exact) mass is 709 g/mol. The largest absolute Gasteiger partial charge is 0.508 e. The number of ether oxygens (including phenoxy) is 1. The van der Waals surface area contributed by atoms with E-state index >= 15 is 0 Å². The summed E-state index contributed by atoms with van der Waals surface area (Å²) in [5.74, 6) is -1.12. The second-order valence-electron chi connectivity index (χ2n) is 13.5. The van der Waals surface area contributed by atoms with Crippen LogP contribution in [0.4, 0.5) is 0 Å². The molecule has 4 saturated heterocycles. The summed E-state index contributed by atoms with van der Waals surface area (Å²) in [7, 11) is -3.41. The van der Waals surface area contributed by atoms with E-state index in [-0.39, 0.29) is 55.4 Å². The van der Waals surface area contributed by atoms with Crippen molar-refractivity contribution < 1.29 is 42.9 Å². The summed E-state index contributed by atoms with van der Waals surface area (Å²) in [4.78, 5) is 45.1. The van der Waals surface area contributed by atoms with Gasteiger partial charge in [-0.25, -0.2) is 13.1 Å². The molecule has 50 heavy (non-hydrogen) atoms. The van der Waals surface area contributed by atoms with Crippen molar-refractivity contribution >= 4 is 27.6 Å². The Morgan fingerprint density at radius 2 is 1.74 bits per heavy atom. The van der Waals surface area contributed by atoms with Crippen molar-refractivity contribution in [3.63, 3.8) is 0 Å². The normalized spacial score (nSPS) is 30.8. The fraction of sp³-hybridized carbons (Fsp3) is 0.485. The van der Waals surface area contributed by atoms with Gasteiger partial charge in [0.15, 0.2) is 9.84 Å². The number of likely N-dealkylation sites (tertiary alicyclic amines) is 1. The first-order chi connectivity index (χ1) is 23.8. The fourth-order valence-corrected chi connectivity index (χ4v) is 8.04. The minimum atomic E-state index is -3.41. The Hall–Kier alpha value is -4.42. The van der Waals surface area contributed by atoms with E-state index in [4.69, 9.17) is 4.74 Å². The zero-order chi connectivity index (χ0) is 35.3. The van der Waals surface area contributed by atoms with Gasteiger partial charge in [-0.1, -0.05) is 29.5 Å². The molecular formula is C33H39N7O9S. The van der Waals surface area contributed by atoms with Gasteiger partial charge in [-0.2, -0.15) is 0 Å². The molecule has 0 spiro atoms. The van der Waals surface area contributed by atoms with Crippen LogP contribution in [-0.2, 0) is 35.5 Å². The number of hydrogen-bond acceptors (Lipinski definition) is 12. The van der Waals surface area contributed by atoms with Crippen molar-refractivity contribution in [2.45, 2.75) is 79.3 Å². The van der Waals surface area contributed by atoms with Crippen LogP contribution in [0.3, 0.4) is 0 Å². The second-order valence-corrected chi connectivity index (χ2v) is 15.6. The second kappa shape index (κ2) is 13.4. The Morgan fingerprint density at radius 1 is 0.980 bits per heavy atom. The maximum atomic E-state index is 14.5. The minimum absolute atomic E-state index is 0.0724. The zero-order valence-electron chi connectivity index (χ0n) is 27.2. The molecule has 0 unspecified atom stereocenters. The van der Waals surface area contributed by atoms with Gasteiger partial charge in [0.2, 0.25) is 17.7 Å². The highest BCUT2D eigenvalue weighted by molar-refractivity contribution is 7.90. The number of aromatic hydroxyl groups is 1. The van der Waals surface area contributed by atoms with E-state index < -0.39 is 70.2 Å². The molecule has 3 aromatic rings. The highest BCUT2D eigenvalue weighted by Crippen LogP contribution is 2.33. The number of aliphatic hydroxyl groups is 2. The summed E-state index contributed by atoms with van der Waals surface area (Å²) in [6, 6.07) is 10.4. The predicted octanol–water partition coefficient (Wildman–Crippen LogP) is -1.04. The van der Waals surface area contributed by atoms with Gasteiger partial charge >= 0.3 is 0 Å². The third kappa shape index (κ3) is 6.83. The van der Waals surface area contributed by atoms with Crippen LogP contribution < -0.4 is 10.6 Å². The number of sulfone groups is 1. The van der Waals surface area contributed by atoms with Crippen LogP contribution in [0, 0.1) is 0 Å². The lowest BCUT2D eigenvalue weighted by Gasteiger charge is -2.31. The van der Waals surface area contributed by atoms with E-state index in [2.05, 4.69) is 20.9 Å². The lowest BCUT2D eigenvalue weighted by atomic mass is 10.0. The quantitative estimate of drug-likeness (QED) is 0.215. The van der Waals surface area contributed by atoms with Gasteiger partial charge in [0.1, 0.15) is 35.8 Å². The number of nitrogens with zero attached hydrogens (tertiary/aromatic N) is 5. The third-order valence-corrected chi connectivity index (χ3v) is 11.1. The number of hydrogen-bond donors (Lipinski definition) is 5. The van der Waals surface area contributed by atoms with Crippen molar-refractivity contribution in [1.29, 1.82) is 0 Å². The lowest BCUT2D eigenvalue weighted by molar-refractivity contribution is -0.142. The van der Waals surface area contributed by atoms with Crippen molar-refractivity contribution in [3.05, 3.63) is 60.3 Å². The summed E-state index contributed by atoms with van der Waals surface area (Å²) in [5.41, 5.74) is 1.91. The van der Waals surface area contributed by atoms with E-state index in [1.54, 1.807) is 47.3 Å². The summed E-state index contributed by atoms with van der Waals surface area (Å²) >= 11 is 0. The molecule has 1 aromatic heterocycles. The molecule has 3 amide bonds. The molecule has 4 fully saturated rings. The summed E-state index contributed by atoms with van der Waals surface area (Å²) in [6.07, 6.45) is -1.55. The van der Waals surface area contributed by atoms with Gasteiger partial charge in [0.05, 0.1) is 35.7 Å². The van der Waals surface area contributed by atoms with Crippen LogP contribution in [0.25, 0.3) is 11.3 Å². The summed E-state index contributed by atoms with van der Waals surface area (Å²) in [5, 5.41) is 45.5. The Kier molecular flexibility index (Phi) is 9.10. The topological polar surface area (TPSA) is 217 Å². The number of amides is 3. The van der Waals surface area contributed by atoms with Gasteiger partial charge in [-0.15, -0.1) is 5.10 Å². The number of nitrogens with one attached hydrogen (secondary N) is 2. The first-order valence-corrected chi connectivity index (χ1v) is 18.4. The molecule has 7 rings (SSSR count). The third-order valence-electron chi connectivity index (χ3n) is 10.0. The standard InChI is InChI=1S/C33H39N7O9S/c1-50(47,48)23-7-5-18(6-8-23)14-38-15-20-10-26(38)33(46)39-16-21(40-17-24(36-37-40)19-3-2-4-22(41)9-19)11-25(39)32(45)34-13-28-31(44)30(43)27(49-28)12-29(42)35-20/h2-9,17,20-21,25-28,30-31,41,43-44H,10-16H2,1H3,(H,34,45)(H,35,42)/t20-,21+,25+,26+,27+,28-,30+,31-/m1/s1. The number of carbonyl (C=O) groups excluding carboxylic acids is 3. The Labute approximate surface area is 287 Å². The molecule has 4 bridgehead atoms. The van der Waals surface area contributed by atoms with Gasteiger partial charge in [-0.3, -0.25) is 19.3 Å². The lowest BCUT2D eigenvalue weighted by Crippen LogP contribution is -2.53. The zero-order valence-corrected chi connectivity index (χ0v) is 28.0.